The number of hydrogen-bond donors (Lipinski definition) is 1. The van der Waals surface area contributed by atoms with Crippen LogP contribution in [0.2, 0.25) is 0 Å². The van der Waals surface area contributed by atoms with Gasteiger partial charge in [-0.2, -0.15) is 0 Å². The molecule has 0 aliphatic rings. The van der Waals surface area contributed by atoms with Crippen molar-refractivity contribution in [1.29, 1.82) is 0 Å². The second-order valence-corrected chi connectivity index (χ2v) is 3.32. The van der Waals surface area contributed by atoms with Gasteiger partial charge in [-0.3, -0.25) is 4.79 Å². The Morgan fingerprint density at radius 2 is 2.00 bits per heavy atom. The average molecular weight is 193 g/mol. The Kier molecular flexibility index (Phi) is 3.98. The van der Waals surface area contributed by atoms with Crippen LogP contribution < -0.4 is 10.1 Å². The summed E-state index contributed by atoms with van der Waals surface area (Å²) < 4.78 is 5.26. The molecule has 76 valence electrons. The summed E-state index contributed by atoms with van der Waals surface area (Å²) in [6, 6.07) is 9.44. The van der Waals surface area contributed by atoms with E-state index >= 15 is 0 Å². The molecule has 0 radical (unpaired) electrons. The van der Waals surface area contributed by atoms with Gasteiger partial charge in [-0.1, -0.05) is 18.2 Å². The molecule has 0 bridgehead atoms. The summed E-state index contributed by atoms with van der Waals surface area (Å²) in [5.41, 5.74) is 0. The lowest BCUT2D eigenvalue weighted by Crippen LogP contribution is -2.34. The lowest BCUT2D eigenvalue weighted by Gasteiger charge is -2.09. The van der Waals surface area contributed by atoms with Gasteiger partial charge in [-0.05, 0) is 26.0 Å². The van der Waals surface area contributed by atoms with Crippen molar-refractivity contribution in [2.75, 3.05) is 6.61 Å². The summed E-state index contributed by atoms with van der Waals surface area (Å²) in [7, 11) is 0. The highest BCUT2D eigenvalue weighted by atomic mass is 16.5. The van der Waals surface area contributed by atoms with Crippen LogP contribution in [-0.2, 0) is 4.79 Å². The molecule has 0 aromatic heterocycles. The fraction of sp³-hybridized carbons (Fsp3) is 0.364. The monoisotopic (exact) mass is 193 g/mol. The molecular weight excluding hydrogens is 178 g/mol. The van der Waals surface area contributed by atoms with Crippen molar-refractivity contribution >= 4 is 5.91 Å². The molecule has 0 heterocycles. The SMILES string of the molecule is CC(C)NC(=O)COc1ccccc1. The summed E-state index contributed by atoms with van der Waals surface area (Å²) in [4.78, 5) is 11.2. The van der Waals surface area contributed by atoms with Gasteiger partial charge in [0.15, 0.2) is 6.61 Å². The lowest BCUT2D eigenvalue weighted by molar-refractivity contribution is -0.123. The summed E-state index contributed by atoms with van der Waals surface area (Å²) >= 11 is 0. The van der Waals surface area contributed by atoms with E-state index in [9.17, 15) is 4.79 Å². The molecule has 0 spiro atoms. The van der Waals surface area contributed by atoms with Crippen LogP contribution in [-0.4, -0.2) is 18.6 Å². The maximum absolute atomic E-state index is 11.2. The number of benzene rings is 1. The number of amides is 1. The van der Waals surface area contributed by atoms with E-state index in [1.807, 2.05) is 44.2 Å². The zero-order valence-electron chi connectivity index (χ0n) is 8.49. The number of ether oxygens (including phenoxy) is 1. The van der Waals surface area contributed by atoms with E-state index in [1.165, 1.54) is 0 Å². The minimum absolute atomic E-state index is 0.0716. The Bertz CT molecular complexity index is 283. The van der Waals surface area contributed by atoms with Gasteiger partial charge in [-0.15, -0.1) is 0 Å². The van der Waals surface area contributed by atoms with Crippen molar-refractivity contribution in [3.8, 4) is 5.75 Å². The Hall–Kier alpha value is -1.51. The van der Waals surface area contributed by atoms with Gasteiger partial charge in [-0.25, -0.2) is 0 Å². The second kappa shape index (κ2) is 5.27. The van der Waals surface area contributed by atoms with E-state index in [1.54, 1.807) is 0 Å². The van der Waals surface area contributed by atoms with Crippen LogP contribution in [0.15, 0.2) is 30.3 Å². The first-order chi connectivity index (χ1) is 6.68. The van der Waals surface area contributed by atoms with Gasteiger partial charge in [0.2, 0.25) is 0 Å². The van der Waals surface area contributed by atoms with E-state index in [2.05, 4.69) is 5.32 Å². The molecule has 0 saturated heterocycles. The molecule has 14 heavy (non-hydrogen) atoms. The van der Waals surface area contributed by atoms with E-state index in [0.29, 0.717) is 5.75 Å². The Balaban J connectivity index is 2.31. The molecule has 3 nitrogen and oxygen atoms in total. The summed E-state index contributed by atoms with van der Waals surface area (Å²) in [5, 5.41) is 2.75. The summed E-state index contributed by atoms with van der Waals surface area (Å²) in [5.74, 6) is 0.621. The van der Waals surface area contributed by atoms with Crippen LogP contribution in [0.3, 0.4) is 0 Å². The largest absolute Gasteiger partial charge is 0.484 e. The quantitative estimate of drug-likeness (QED) is 0.788. The molecular formula is C11H15NO2. The van der Waals surface area contributed by atoms with Crippen molar-refractivity contribution in [1.82, 2.24) is 5.32 Å². The van der Waals surface area contributed by atoms with E-state index in [4.69, 9.17) is 4.74 Å². The highest BCUT2D eigenvalue weighted by Crippen LogP contribution is 2.07. The van der Waals surface area contributed by atoms with Crippen LogP contribution in [0.4, 0.5) is 0 Å². The number of carbonyl (C=O) groups excluding carboxylic acids is 1. The molecule has 0 aliphatic carbocycles. The Labute approximate surface area is 84.1 Å². The van der Waals surface area contributed by atoms with Gasteiger partial charge in [0.25, 0.3) is 5.91 Å². The number of carbonyl (C=O) groups is 1. The summed E-state index contributed by atoms with van der Waals surface area (Å²) in [6.45, 7) is 3.91. The maximum Gasteiger partial charge on any atom is 0.258 e. The van der Waals surface area contributed by atoms with Gasteiger partial charge < -0.3 is 10.1 Å². The molecule has 1 N–H and O–H groups in total. The lowest BCUT2D eigenvalue weighted by atomic mass is 10.3. The molecule has 1 amide bonds. The first-order valence-electron chi connectivity index (χ1n) is 4.65. The van der Waals surface area contributed by atoms with Crippen LogP contribution in [0.5, 0.6) is 5.75 Å². The topological polar surface area (TPSA) is 38.3 Å². The first-order valence-corrected chi connectivity index (χ1v) is 4.65. The van der Waals surface area contributed by atoms with Gasteiger partial charge in [0.1, 0.15) is 5.75 Å². The Morgan fingerprint density at radius 1 is 1.36 bits per heavy atom. The predicted molar refractivity (Wildman–Crippen MR) is 55.2 cm³/mol. The minimum Gasteiger partial charge on any atom is -0.484 e. The number of para-hydroxylation sites is 1. The average Bonchev–Trinajstić information content (AvgIpc) is 2.15. The molecule has 0 unspecified atom stereocenters. The van der Waals surface area contributed by atoms with E-state index in [-0.39, 0.29) is 18.6 Å². The highest BCUT2D eigenvalue weighted by molar-refractivity contribution is 5.77. The van der Waals surface area contributed by atoms with Crippen molar-refractivity contribution in [3.05, 3.63) is 30.3 Å². The normalized spacial score (nSPS) is 9.93. The number of nitrogens with one attached hydrogen (secondary N) is 1. The number of rotatable bonds is 4. The Morgan fingerprint density at radius 3 is 2.57 bits per heavy atom. The number of hydrogen-bond acceptors (Lipinski definition) is 2. The molecule has 0 aliphatic heterocycles. The zero-order valence-corrected chi connectivity index (χ0v) is 8.49. The van der Waals surface area contributed by atoms with Gasteiger partial charge >= 0.3 is 0 Å². The van der Waals surface area contributed by atoms with Crippen LogP contribution in [0, 0.1) is 0 Å². The standard InChI is InChI=1S/C11H15NO2/c1-9(2)12-11(13)8-14-10-6-4-3-5-7-10/h3-7,9H,8H2,1-2H3,(H,12,13). The van der Waals surface area contributed by atoms with Gasteiger partial charge in [0.05, 0.1) is 0 Å². The van der Waals surface area contributed by atoms with Crippen LogP contribution in [0.1, 0.15) is 13.8 Å². The van der Waals surface area contributed by atoms with E-state index in [0.717, 1.165) is 0 Å². The van der Waals surface area contributed by atoms with Crippen molar-refractivity contribution in [2.45, 2.75) is 19.9 Å². The molecule has 3 heteroatoms. The third-order valence-electron chi connectivity index (χ3n) is 1.56. The van der Waals surface area contributed by atoms with Crippen LogP contribution in [0.25, 0.3) is 0 Å². The zero-order chi connectivity index (χ0) is 10.4. The minimum atomic E-state index is -0.0937. The predicted octanol–water partition coefficient (Wildman–Crippen LogP) is 1.59. The van der Waals surface area contributed by atoms with E-state index < -0.39 is 0 Å². The fourth-order valence-electron chi connectivity index (χ4n) is 1.03. The third kappa shape index (κ3) is 3.94. The molecule has 1 rings (SSSR count). The van der Waals surface area contributed by atoms with Crippen molar-refractivity contribution in [2.24, 2.45) is 0 Å². The first kappa shape index (κ1) is 10.6. The summed E-state index contributed by atoms with van der Waals surface area (Å²) in [6.07, 6.45) is 0. The molecule has 0 fully saturated rings. The maximum atomic E-state index is 11.2. The second-order valence-electron chi connectivity index (χ2n) is 3.32. The molecule has 0 atom stereocenters. The third-order valence-corrected chi connectivity index (χ3v) is 1.56. The van der Waals surface area contributed by atoms with Crippen molar-refractivity contribution < 1.29 is 9.53 Å². The van der Waals surface area contributed by atoms with Crippen molar-refractivity contribution in [3.63, 3.8) is 0 Å². The van der Waals surface area contributed by atoms with Crippen LogP contribution >= 0.6 is 0 Å². The molecule has 1 aromatic carbocycles. The highest BCUT2D eigenvalue weighted by Gasteiger charge is 2.03. The smallest absolute Gasteiger partial charge is 0.258 e. The molecule has 0 saturated carbocycles. The van der Waals surface area contributed by atoms with Gasteiger partial charge in [0, 0.05) is 6.04 Å². The molecule has 1 aromatic rings. The fourth-order valence-corrected chi connectivity index (χ4v) is 1.03.